The van der Waals surface area contributed by atoms with Crippen LogP contribution in [0, 0.1) is 0 Å². The lowest BCUT2D eigenvalue weighted by atomic mass is 10.1. The first-order chi connectivity index (χ1) is 11.7. The standard InChI is InChI=1S/C18H25N5S.HI/c1-18(8-5-11-24-18)13-22-17(19-2)21-12-15-6-3-4-7-16(15)23-10-9-20-14-23;/h3-4,6-7,9-10,14H,5,8,11-13H2,1-2H3,(H2,19,21,22);1H. The van der Waals surface area contributed by atoms with Crippen molar-refractivity contribution in [1.82, 2.24) is 20.2 Å². The van der Waals surface area contributed by atoms with Gasteiger partial charge in [0, 0.05) is 37.3 Å². The van der Waals surface area contributed by atoms with E-state index in [0.29, 0.717) is 4.75 Å². The Balaban J connectivity index is 0.00000225. The molecule has 1 aromatic carbocycles. The highest BCUT2D eigenvalue weighted by Crippen LogP contribution is 2.36. The van der Waals surface area contributed by atoms with E-state index in [9.17, 15) is 0 Å². The highest BCUT2D eigenvalue weighted by Gasteiger charge is 2.29. The number of imidazole rings is 1. The molecule has 0 spiro atoms. The quantitative estimate of drug-likeness (QED) is 0.399. The molecule has 1 atom stereocenters. The first kappa shape index (κ1) is 20.1. The molecule has 3 rings (SSSR count). The molecule has 0 radical (unpaired) electrons. The summed E-state index contributed by atoms with van der Waals surface area (Å²) < 4.78 is 2.36. The Labute approximate surface area is 171 Å². The molecule has 2 aromatic rings. The molecule has 0 amide bonds. The van der Waals surface area contributed by atoms with Gasteiger partial charge in [0.2, 0.25) is 0 Å². The zero-order valence-corrected chi connectivity index (χ0v) is 17.9. The highest BCUT2D eigenvalue weighted by atomic mass is 127. The number of hydrogen-bond donors (Lipinski definition) is 2. The summed E-state index contributed by atoms with van der Waals surface area (Å²) >= 11 is 2.06. The smallest absolute Gasteiger partial charge is 0.191 e. The minimum absolute atomic E-state index is 0. The predicted octanol–water partition coefficient (Wildman–Crippen LogP) is 3.44. The average molecular weight is 471 g/mol. The molecule has 1 aromatic heterocycles. The van der Waals surface area contributed by atoms with E-state index in [4.69, 9.17) is 0 Å². The van der Waals surface area contributed by atoms with E-state index in [1.807, 2.05) is 30.2 Å². The molecule has 25 heavy (non-hydrogen) atoms. The van der Waals surface area contributed by atoms with Crippen LogP contribution < -0.4 is 10.6 Å². The molecular weight excluding hydrogens is 445 g/mol. The van der Waals surface area contributed by atoms with E-state index in [-0.39, 0.29) is 24.0 Å². The van der Waals surface area contributed by atoms with Gasteiger partial charge in [-0.25, -0.2) is 4.98 Å². The van der Waals surface area contributed by atoms with Gasteiger partial charge in [-0.3, -0.25) is 4.99 Å². The molecule has 0 aliphatic carbocycles. The topological polar surface area (TPSA) is 54.2 Å². The van der Waals surface area contributed by atoms with Crippen LogP contribution in [-0.4, -0.2) is 39.6 Å². The summed E-state index contributed by atoms with van der Waals surface area (Å²) in [5.74, 6) is 2.12. The van der Waals surface area contributed by atoms with Crippen LogP contribution in [0.15, 0.2) is 48.0 Å². The molecule has 7 heteroatoms. The van der Waals surface area contributed by atoms with Crippen molar-refractivity contribution < 1.29 is 0 Å². The fraction of sp³-hybridized carbons (Fsp3) is 0.444. The van der Waals surface area contributed by atoms with E-state index >= 15 is 0 Å². The molecule has 0 saturated carbocycles. The summed E-state index contributed by atoms with van der Waals surface area (Å²) in [6.07, 6.45) is 8.16. The zero-order valence-electron chi connectivity index (χ0n) is 14.7. The van der Waals surface area contributed by atoms with E-state index in [1.165, 1.54) is 24.2 Å². The van der Waals surface area contributed by atoms with Crippen molar-refractivity contribution in [1.29, 1.82) is 0 Å². The Hall–Kier alpha value is -1.22. The second-order valence-electron chi connectivity index (χ2n) is 6.28. The van der Waals surface area contributed by atoms with Gasteiger partial charge in [-0.05, 0) is 37.1 Å². The number of aliphatic imine (C=N–C) groups is 1. The molecule has 0 bridgehead atoms. The number of thioether (sulfide) groups is 1. The summed E-state index contributed by atoms with van der Waals surface area (Å²) in [5.41, 5.74) is 2.34. The van der Waals surface area contributed by atoms with Crippen molar-refractivity contribution in [2.45, 2.75) is 31.1 Å². The normalized spacial score (nSPS) is 20.2. The number of para-hydroxylation sites is 1. The second kappa shape index (κ2) is 9.47. The third-order valence-electron chi connectivity index (χ3n) is 4.37. The van der Waals surface area contributed by atoms with Gasteiger partial charge in [0.1, 0.15) is 0 Å². The summed E-state index contributed by atoms with van der Waals surface area (Å²) in [7, 11) is 1.82. The van der Waals surface area contributed by atoms with Crippen LogP contribution in [0.3, 0.4) is 0 Å². The minimum Gasteiger partial charge on any atom is -0.355 e. The largest absolute Gasteiger partial charge is 0.355 e. The molecule has 136 valence electrons. The Morgan fingerprint density at radius 3 is 2.88 bits per heavy atom. The van der Waals surface area contributed by atoms with Crippen molar-refractivity contribution in [3.8, 4) is 5.69 Å². The SMILES string of the molecule is CN=C(NCc1ccccc1-n1ccnc1)NCC1(C)CCCS1.I. The van der Waals surface area contributed by atoms with E-state index in [2.05, 4.69) is 57.5 Å². The summed E-state index contributed by atoms with van der Waals surface area (Å²) in [6.45, 7) is 4.00. The average Bonchev–Trinajstić information content (AvgIpc) is 3.27. The van der Waals surface area contributed by atoms with Gasteiger partial charge >= 0.3 is 0 Å². The molecule has 1 fully saturated rings. The van der Waals surface area contributed by atoms with Crippen molar-refractivity contribution in [2.24, 2.45) is 4.99 Å². The number of aromatic nitrogens is 2. The van der Waals surface area contributed by atoms with Crippen LogP contribution >= 0.6 is 35.7 Å². The Morgan fingerprint density at radius 2 is 2.20 bits per heavy atom. The van der Waals surface area contributed by atoms with E-state index < -0.39 is 0 Å². The Bertz CT molecular complexity index is 681. The number of halogens is 1. The number of nitrogens with zero attached hydrogens (tertiary/aromatic N) is 3. The van der Waals surface area contributed by atoms with Crippen LogP contribution in [-0.2, 0) is 6.54 Å². The maximum absolute atomic E-state index is 4.35. The van der Waals surface area contributed by atoms with Gasteiger partial charge in [-0.1, -0.05) is 18.2 Å². The van der Waals surface area contributed by atoms with Crippen LogP contribution in [0.2, 0.25) is 0 Å². The predicted molar refractivity (Wildman–Crippen MR) is 117 cm³/mol. The van der Waals surface area contributed by atoms with Crippen LogP contribution in [0.1, 0.15) is 25.3 Å². The number of nitrogens with one attached hydrogen (secondary N) is 2. The first-order valence-corrected chi connectivity index (χ1v) is 9.33. The van der Waals surface area contributed by atoms with Crippen LogP contribution in [0.4, 0.5) is 0 Å². The molecular formula is C18H26IN5S. The van der Waals surface area contributed by atoms with Crippen LogP contribution in [0.5, 0.6) is 0 Å². The lowest BCUT2D eigenvalue weighted by Crippen LogP contribution is -2.43. The lowest BCUT2D eigenvalue weighted by Gasteiger charge is -2.24. The summed E-state index contributed by atoms with van der Waals surface area (Å²) in [5, 5.41) is 6.90. The van der Waals surface area contributed by atoms with Gasteiger partial charge in [0.15, 0.2) is 5.96 Å². The molecule has 1 aliphatic rings. The third-order valence-corrected chi connectivity index (χ3v) is 5.91. The maximum atomic E-state index is 4.35. The van der Waals surface area contributed by atoms with E-state index in [1.54, 1.807) is 6.20 Å². The van der Waals surface area contributed by atoms with E-state index in [0.717, 1.165) is 24.7 Å². The fourth-order valence-corrected chi connectivity index (χ4v) is 4.20. The van der Waals surface area contributed by atoms with Gasteiger partial charge in [0.05, 0.1) is 12.0 Å². The number of guanidine groups is 1. The number of rotatable bonds is 5. The first-order valence-electron chi connectivity index (χ1n) is 8.35. The number of benzene rings is 1. The van der Waals surface area contributed by atoms with Gasteiger partial charge in [-0.15, -0.1) is 24.0 Å². The van der Waals surface area contributed by atoms with Crippen molar-refractivity contribution >= 4 is 41.7 Å². The maximum Gasteiger partial charge on any atom is 0.191 e. The van der Waals surface area contributed by atoms with Crippen molar-refractivity contribution in [3.63, 3.8) is 0 Å². The van der Waals surface area contributed by atoms with Crippen molar-refractivity contribution in [3.05, 3.63) is 48.5 Å². The fourth-order valence-electron chi connectivity index (χ4n) is 2.96. The lowest BCUT2D eigenvalue weighted by molar-refractivity contribution is 0.584. The zero-order chi connectivity index (χ0) is 16.8. The van der Waals surface area contributed by atoms with Gasteiger partial charge in [0.25, 0.3) is 0 Å². The Kier molecular flexibility index (Phi) is 7.61. The third kappa shape index (κ3) is 5.37. The molecule has 2 heterocycles. The molecule has 1 saturated heterocycles. The van der Waals surface area contributed by atoms with Gasteiger partial charge < -0.3 is 15.2 Å². The van der Waals surface area contributed by atoms with Gasteiger partial charge in [-0.2, -0.15) is 11.8 Å². The Morgan fingerprint density at radius 1 is 1.36 bits per heavy atom. The highest BCUT2D eigenvalue weighted by molar-refractivity contribution is 14.0. The second-order valence-corrected chi connectivity index (χ2v) is 7.96. The van der Waals surface area contributed by atoms with Crippen LogP contribution in [0.25, 0.3) is 5.69 Å². The summed E-state index contributed by atoms with van der Waals surface area (Å²) in [6, 6.07) is 8.34. The number of hydrogen-bond acceptors (Lipinski definition) is 3. The molecule has 2 N–H and O–H groups in total. The van der Waals surface area contributed by atoms with Crippen molar-refractivity contribution in [2.75, 3.05) is 19.3 Å². The molecule has 5 nitrogen and oxygen atoms in total. The molecule has 1 aliphatic heterocycles. The minimum atomic E-state index is 0. The molecule has 1 unspecified atom stereocenters. The summed E-state index contributed by atoms with van der Waals surface area (Å²) in [4.78, 5) is 8.49. The monoisotopic (exact) mass is 471 g/mol.